The highest BCUT2D eigenvalue weighted by molar-refractivity contribution is 5.30. The molecule has 0 unspecified atom stereocenters. The van der Waals surface area contributed by atoms with Gasteiger partial charge < -0.3 is 10.1 Å². The molecule has 0 amide bonds. The Bertz CT molecular complexity index is 476. The molecule has 2 rings (SSSR count). The first kappa shape index (κ1) is 12.8. The van der Waals surface area contributed by atoms with E-state index in [4.69, 9.17) is 4.74 Å². The van der Waals surface area contributed by atoms with Crippen molar-refractivity contribution in [3.8, 4) is 0 Å². The first-order valence-corrected chi connectivity index (χ1v) is 6.27. The first-order chi connectivity index (χ1) is 8.70. The number of nitrogens with one attached hydrogen (secondary N) is 2. The van der Waals surface area contributed by atoms with Crippen molar-refractivity contribution in [3.05, 3.63) is 34.3 Å². The molecule has 5 nitrogen and oxygen atoms in total. The molecule has 1 aliphatic heterocycles. The topological polar surface area (TPSA) is 67.0 Å². The van der Waals surface area contributed by atoms with Crippen LogP contribution in [0.1, 0.15) is 24.1 Å². The molecule has 1 atom stereocenters. The summed E-state index contributed by atoms with van der Waals surface area (Å²) in [5.74, 6) is 0.515. The van der Waals surface area contributed by atoms with Gasteiger partial charge in [-0.15, -0.1) is 6.58 Å². The number of anilines is 1. The normalized spacial score (nSPS) is 18.8. The van der Waals surface area contributed by atoms with Crippen LogP contribution in [0, 0.1) is 6.92 Å². The predicted octanol–water partition coefficient (Wildman–Crippen LogP) is 1.40. The summed E-state index contributed by atoms with van der Waals surface area (Å²) in [6, 6.07) is 0. The largest absolute Gasteiger partial charge is 0.376 e. The highest BCUT2D eigenvalue weighted by Gasteiger charge is 2.15. The van der Waals surface area contributed by atoms with E-state index in [1.807, 2.05) is 6.92 Å². The third-order valence-corrected chi connectivity index (χ3v) is 3.09. The molecule has 0 aromatic carbocycles. The SMILES string of the molecule is C=CCc1c(C)nc(NC[C@@H]2CCCO2)[nH]c1=O. The maximum absolute atomic E-state index is 11.8. The number of hydrogen-bond acceptors (Lipinski definition) is 4. The summed E-state index contributed by atoms with van der Waals surface area (Å²) in [6.45, 7) is 6.99. The van der Waals surface area contributed by atoms with Gasteiger partial charge in [0, 0.05) is 18.7 Å². The summed E-state index contributed by atoms with van der Waals surface area (Å²) in [5, 5.41) is 3.12. The summed E-state index contributed by atoms with van der Waals surface area (Å²) < 4.78 is 5.50. The van der Waals surface area contributed by atoms with E-state index in [9.17, 15) is 4.79 Å². The fourth-order valence-electron chi connectivity index (χ4n) is 2.09. The van der Waals surface area contributed by atoms with Gasteiger partial charge in [-0.2, -0.15) is 0 Å². The van der Waals surface area contributed by atoms with Crippen molar-refractivity contribution in [1.29, 1.82) is 0 Å². The number of allylic oxidation sites excluding steroid dienone is 1. The summed E-state index contributed by atoms with van der Waals surface area (Å²) in [5.41, 5.74) is 1.32. The van der Waals surface area contributed by atoms with Gasteiger partial charge in [-0.3, -0.25) is 9.78 Å². The van der Waals surface area contributed by atoms with E-state index in [-0.39, 0.29) is 11.7 Å². The molecule has 0 spiro atoms. The Labute approximate surface area is 106 Å². The molecule has 1 aliphatic rings. The van der Waals surface area contributed by atoms with Crippen LogP contribution in [0.2, 0.25) is 0 Å². The first-order valence-electron chi connectivity index (χ1n) is 6.27. The highest BCUT2D eigenvalue weighted by Crippen LogP contribution is 2.12. The second kappa shape index (κ2) is 5.82. The quantitative estimate of drug-likeness (QED) is 0.774. The number of H-pyrrole nitrogens is 1. The monoisotopic (exact) mass is 249 g/mol. The highest BCUT2D eigenvalue weighted by atomic mass is 16.5. The molecule has 98 valence electrons. The van der Waals surface area contributed by atoms with Crippen LogP contribution in [0.25, 0.3) is 0 Å². The lowest BCUT2D eigenvalue weighted by Crippen LogP contribution is -2.23. The Balaban J connectivity index is 2.05. The molecule has 0 aliphatic carbocycles. The fraction of sp³-hybridized carbons (Fsp3) is 0.538. The number of aromatic nitrogens is 2. The average Bonchev–Trinajstić information content (AvgIpc) is 2.84. The minimum absolute atomic E-state index is 0.0998. The molecule has 1 fully saturated rings. The summed E-state index contributed by atoms with van der Waals surface area (Å²) in [6.07, 6.45) is 4.64. The molecule has 2 N–H and O–H groups in total. The molecule has 0 saturated carbocycles. The fourth-order valence-corrected chi connectivity index (χ4v) is 2.09. The zero-order valence-corrected chi connectivity index (χ0v) is 10.7. The Kier molecular flexibility index (Phi) is 4.15. The second-order valence-corrected chi connectivity index (χ2v) is 4.49. The van der Waals surface area contributed by atoms with E-state index in [1.54, 1.807) is 6.08 Å². The number of nitrogens with zero attached hydrogens (tertiary/aromatic N) is 1. The third-order valence-electron chi connectivity index (χ3n) is 3.09. The smallest absolute Gasteiger partial charge is 0.256 e. The van der Waals surface area contributed by atoms with E-state index in [1.165, 1.54) is 0 Å². The summed E-state index contributed by atoms with van der Waals surface area (Å²) in [4.78, 5) is 18.9. The Morgan fingerprint density at radius 1 is 1.67 bits per heavy atom. The minimum atomic E-state index is -0.0998. The number of ether oxygens (including phenoxy) is 1. The van der Waals surface area contributed by atoms with E-state index < -0.39 is 0 Å². The van der Waals surface area contributed by atoms with Crippen LogP contribution >= 0.6 is 0 Å². The number of aryl methyl sites for hydroxylation is 1. The molecule has 2 heterocycles. The Morgan fingerprint density at radius 2 is 2.50 bits per heavy atom. The average molecular weight is 249 g/mol. The van der Waals surface area contributed by atoms with E-state index >= 15 is 0 Å². The van der Waals surface area contributed by atoms with Gasteiger partial charge in [-0.25, -0.2) is 4.98 Å². The molecule has 18 heavy (non-hydrogen) atoms. The van der Waals surface area contributed by atoms with Crippen molar-refractivity contribution in [2.45, 2.75) is 32.3 Å². The predicted molar refractivity (Wildman–Crippen MR) is 71.0 cm³/mol. The van der Waals surface area contributed by atoms with Crippen molar-refractivity contribution in [3.63, 3.8) is 0 Å². The van der Waals surface area contributed by atoms with Gasteiger partial charge in [-0.05, 0) is 26.2 Å². The van der Waals surface area contributed by atoms with Crippen LogP contribution in [-0.2, 0) is 11.2 Å². The molecule has 0 radical (unpaired) electrons. The minimum Gasteiger partial charge on any atom is -0.376 e. The van der Waals surface area contributed by atoms with Gasteiger partial charge >= 0.3 is 0 Å². The van der Waals surface area contributed by atoms with Crippen molar-refractivity contribution in [2.24, 2.45) is 0 Å². The van der Waals surface area contributed by atoms with Gasteiger partial charge in [0.1, 0.15) is 0 Å². The molecule has 1 saturated heterocycles. The lowest BCUT2D eigenvalue weighted by atomic mass is 10.2. The summed E-state index contributed by atoms with van der Waals surface area (Å²) in [7, 11) is 0. The number of aromatic amines is 1. The molecule has 1 aromatic rings. The number of hydrogen-bond donors (Lipinski definition) is 2. The lowest BCUT2D eigenvalue weighted by Gasteiger charge is -2.12. The number of rotatable bonds is 5. The van der Waals surface area contributed by atoms with E-state index in [0.29, 0.717) is 24.5 Å². The van der Waals surface area contributed by atoms with Crippen LogP contribution in [-0.4, -0.2) is 29.2 Å². The van der Waals surface area contributed by atoms with Gasteiger partial charge in [0.05, 0.1) is 11.8 Å². The van der Waals surface area contributed by atoms with Crippen LogP contribution in [0.3, 0.4) is 0 Å². The molecule has 1 aromatic heterocycles. The van der Waals surface area contributed by atoms with Crippen molar-refractivity contribution < 1.29 is 4.74 Å². The van der Waals surface area contributed by atoms with Crippen LogP contribution in [0.15, 0.2) is 17.4 Å². The van der Waals surface area contributed by atoms with E-state index in [0.717, 1.165) is 25.1 Å². The third kappa shape index (κ3) is 2.98. The van der Waals surface area contributed by atoms with Crippen LogP contribution in [0.4, 0.5) is 5.95 Å². The van der Waals surface area contributed by atoms with Crippen molar-refractivity contribution in [1.82, 2.24) is 9.97 Å². The maximum atomic E-state index is 11.8. The second-order valence-electron chi connectivity index (χ2n) is 4.49. The van der Waals surface area contributed by atoms with Gasteiger partial charge in [0.2, 0.25) is 5.95 Å². The van der Waals surface area contributed by atoms with Crippen LogP contribution < -0.4 is 10.9 Å². The summed E-state index contributed by atoms with van der Waals surface area (Å²) >= 11 is 0. The zero-order chi connectivity index (χ0) is 13.0. The van der Waals surface area contributed by atoms with Crippen molar-refractivity contribution in [2.75, 3.05) is 18.5 Å². The van der Waals surface area contributed by atoms with Gasteiger partial charge in [0.15, 0.2) is 0 Å². The Hall–Kier alpha value is -1.62. The standard InChI is InChI=1S/C13H19N3O2/c1-3-5-11-9(2)15-13(16-12(11)17)14-8-10-6-4-7-18-10/h3,10H,1,4-8H2,2H3,(H2,14,15,16,17)/t10-/m0/s1. The van der Waals surface area contributed by atoms with E-state index in [2.05, 4.69) is 21.9 Å². The molecular weight excluding hydrogens is 230 g/mol. The van der Waals surface area contributed by atoms with Crippen LogP contribution in [0.5, 0.6) is 0 Å². The molecule has 0 bridgehead atoms. The van der Waals surface area contributed by atoms with Crippen molar-refractivity contribution >= 4 is 5.95 Å². The molecule has 5 heteroatoms. The lowest BCUT2D eigenvalue weighted by molar-refractivity contribution is 0.120. The Morgan fingerprint density at radius 3 is 3.11 bits per heavy atom. The van der Waals surface area contributed by atoms with Gasteiger partial charge in [0.25, 0.3) is 5.56 Å². The van der Waals surface area contributed by atoms with Gasteiger partial charge in [-0.1, -0.05) is 6.08 Å². The molecular formula is C13H19N3O2. The zero-order valence-electron chi connectivity index (χ0n) is 10.7. The maximum Gasteiger partial charge on any atom is 0.256 e.